The summed E-state index contributed by atoms with van der Waals surface area (Å²) in [6, 6.07) is -0.839. The van der Waals surface area contributed by atoms with Crippen LogP contribution in [-0.4, -0.2) is 36.0 Å². The van der Waals surface area contributed by atoms with E-state index in [4.69, 9.17) is 15.6 Å². The summed E-state index contributed by atoms with van der Waals surface area (Å²) in [5, 5.41) is 11.5. The van der Waals surface area contributed by atoms with Gasteiger partial charge in [-0.3, -0.25) is 9.59 Å². The van der Waals surface area contributed by atoms with Crippen molar-refractivity contribution < 1.29 is 38.4 Å². The van der Waals surface area contributed by atoms with Gasteiger partial charge in [0.15, 0.2) is 6.04 Å². The van der Waals surface area contributed by atoms with E-state index < -0.39 is 24.1 Å². The third-order valence-corrected chi connectivity index (χ3v) is 3.51. The Labute approximate surface area is 151 Å². The fourth-order valence-electron chi connectivity index (χ4n) is 1.95. The van der Waals surface area contributed by atoms with Crippen molar-refractivity contribution in [3.05, 3.63) is 0 Å². The maximum Gasteiger partial charge on any atom is 0.430 e. The Morgan fingerprint density at radius 1 is 1.04 bits per heavy atom. The van der Waals surface area contributed by atoms with Crippen molar-refractivity contribution in [2.45, 2.75) is 83.5 Å². The molecule has 26 heavy (non-hydrogen) atoms. The maximum absolute atomic E-state index is 11.9. The van der Waals surface area contributed by atoms with E-state index >= 15 is 0 Å². The fraction of sp³-hybridized carbons (Fsp3) is 0.812. The molecule has 0 aromatic rings. The molecule has 0 aliphatic rings. The number of primary amides is 1. The van der Waals surface area contributed by atoms with Crippen LogP contribution < -0.4 is 21.9 Å². The van der Waals surface area contributed by atoms with Crippen LogP contribution in [0.2, 0.25) is 0 Å². The zero-order valence-electron chi connectivity index (χ0n) is 15.4. The molecule has 0 saturated carbocycles. The first kappa shape index (κ1) is 26.4. The van der Waals surface area contributed by atoms with E-state index in [1.54, 1.807) is 0 Å². The number of alkyl halides is 3. The van der Waals surface area contributed by atoms with E-state index in [9.17, 15) is 22.8 Å². The normalized spacial score (nSPS) is 13.2. The maximum atomic E-state index is 11.9. The van der Waals surface area contributed by atoms with Gasteiger partial charge in [-0.1, -0.05) is 46.0 Å². The van der Waals surface area contributed by atoms with Crippen molar-refractivity contribution in [3.8, 4) is 0 Å². The topological polar surface area (TPSA) is 140 Å². The first-order valence-corrected chi connectivity index (χ1v) is 8.68. The second-order valence-corrected chi connectivity index (χ2v) is 5.94. The molecule has 0 rings (SSSR count). The molecule has 154 valence electrons. The van der Waals surface area contributed by atoms with Crippen molar-refractivity contribution in [1.82, 2.24) is 5.32 Å². The number of nitrogens with one attached hydrogen (secondary N) is 1. The molecule has 0 fully saturated rings. The number of hydrogen-bond acceptors (Lipinski definition) is 4. The van der Waals surface area contributed by atoms with Crippen LogP contribution in [0, 0.1) is 0 Å². The molecular weight excluding hydrogens is 355 g/mol. The molecule has 2 atom stereocenters. The quantitative estimate of drug-likeness (QED) is 0.432. The number of unbranched alkanes of at least 4 members (excludes halogenated alkanes) is 4. The molecular formula is C16H30F3N3O4. The number of carbonyl (C=O) groups is 3. The average molecular weight is 385 g/mol. The van der Waals surface area contributed by atoms with Crippen LogP contribution in [0.15, 0.2) is 0 Å². The Kier molecular flexibility index (Phi) is 14.6. The van der Waals surface area contributed by atoms with E-state index in [1.165, 1.54) is 0 Å². The predicted octanol–water partition coefficient (Wildman–Crippen LogP) is 0.0262. The lowest BCUT2D eigenvalue weighted by Crippen LogP contribution is -2.68. The Bertz CT molecular complexity index is 431. The van der Waals surface area contributed by atoms with Crippen LogP contribution >= 0.6 is 0 Å². The highest BCUT2D eigenvalue weighted by molar-refractivity contribution is 5.88. The second kappa shape index (κ2) is 14.3. The average Bonchev–Trinajstić information content (AvgIpc) is 2.53. The molecule has 0 unspecified atom stereocenters. The summed E-state index contributed by atoms with van der Waals surface area (Å²) in [4.78, 5) is 32.0. The smallest absolute Gasteiger partial charge is 0.430 e. The number of carbonyl (C=O) groups excluding carboxylic acids is 3. The lowest BCUT2D eigenvalue weighted by molar-refractivity contribution is -0.405. The molecule has 0 aliphatic carbocycles. The van der Waals surface area contributed by atoms with Gasteiger partial charge in [0.2, 0.25) is 5.91 Å². The van der Waals surface area contributed by atoms with Crippen molar-refractivity contribution in [2.75, 3.05) is 0 Å². The van der Waals surface area contributed by atoms with Crippen LogP contribution in [0.1, 0.15) is 65.2 Å². The molecule has 10 heteroatoms. The number of quaternary nitrogens is 1. The summed E-state index contributed by atoms with van der Waals surface area (Å²) in [5.41, 5.74) is 9.17. The molecule has 2 amide bonds. The molecule has 0 radical (unpaired) electrons. The van der Waals surface area contributed by atoms with Gasteiger partial charge in [-0.2, -0.15) is 13.2 Å². The predicted molar refractivity (Wildman–Crippen MR) is 87.1 cm³/mol. The summed E-state index contributed by atoms with van der Waals surface area (Å²) in [5.74, 6) is -3.62. The second-order valence-electron chi connectivity index (χ2n) is 5.94. The van der Waals surface area contributed by atoms with Gasteiger partial charge in [-0.05, 0) is 12.8 Å². The van der Waals surface area contributed by atoms with Crippen molar-refractivity contribution in [3.63, 3.8) is 0 Å². The van der Waals surface area contributed by atoms with E-state index in [1.807, 2.05) is 0 Å². The fourth-order valence-corrected chi connectivity index (χ4v) is 1.95. The summed E-state index contributed by atoms with van der Waals surface area (Å²) >= 11 is 0. The largest absolute Gasteiger partial charge is 0.542 e. The van der Waals surface area contributed by atoms with Crippen molar-refractivity contribution in [2.24, 2.45) is 5.73 Å². The molecule has 0 saturated heterocycles. The molecule has 0 aliphatic heterocycles. The van der Waals surface area contributed by atoms with Gasteiger partial charge >= 0.3 is 6.18 Å². The molecule has 0 aromatic heterocycles. The third kappa shape index (κ3) is 14.5. The van der Waals surface area contributed by atoms with Gasteiger partial charge in [-0.15, -0.1) is 0 Å². The minimum Gasteiger partial charge on any atom is -0.542 e. The van der Waals surface area contributed by atoms with Gasteiger partial charge in [0.05, 0.1) is 0 Å². The minimum absolute atomic E-state index is 0.156. The highest BCUT2D eigenvalue weighted by Gasteiger charge is 2.28. The SMILES string of the molecule is CCCCC[C@H](NC(=O)[C@@H]([NH3+])CCCCC)C(N)=O.O=C([O-])C(F)(F)F. The lowest BCUT2D eigenvalue weighted by atomic mass is 10.1. The number of carboxylic acids is 1. The zero-order chi connectivity index (χ0) is 20.8. The van der Waals surface area contributed by atoms with Gasteiger partial charge < -0.3 is 26.7 Å². The highest BCUT2D eigenvalue weighted by atomic mass is 19.4. The Hall–Kier alpha value is -1.84. The number of carboxylic acid groups (broad SMARTS) is 1. The summed E-state index contributed by atoms with van der Waals surface area (Å²) < 4.78 is 31.5. The number of amides is 2. The summed E-state index contributed by atoms with van der Waals surface area (Å²) in [7, 11) is 0. The van der Waals surface area contributed by atoms with E-state index in [0.717, 1.165) is 44.9 Å². The molecule has 0 bridgehead atoms. The Morgan fingerprint density at radius 2 is 1.46 bits per heavy atom. The van der Waals surface area contributed by atoms with Gasteiger partial charge in [0.1, 0.15) is 12.0 Å². The molecule has 7 nitrogen and oxygen atoms in total. The number of hydrogen-bond donors (Lipinski definition) is 3. The van der Waals surface area contributed by atoms with Gasteiger partial charge in [0, 0.05) is 6.42 Å². The molecule has 0 spiro atoms. The van der Waals surface area contributed by atoms with Gasteiger partial charge in [-0.25, -0.2) is 0 Å². The van der Waals surface area contributed by atoms with Crippen LogP contribution in [0.25, 0.3) is 0 Å². The number of rotatable bonds is 11. The van der Waals surface area contributed by atoms with Crippen molar-refractivity contribution >= 4 is 17.8 Å². The summed E-state index contributed by atoms with van der Waals surface area (Å²) in [6.45, 7) is 4.21. The first-order chi connectivity index (χ1) is 12.0. The van der Waals surface area contributed by atoms with Crippen LogP contribution in [0.3, 0.4) is 0 Å². The molecule has 0 heterocycles. The third-order valence-electron chi connectivity index (χ3n) is 3.51. The van der Waals surface area contributed by atoms with Crippen LogP contribution in [-0.2, 0) is 14.4 Å². The zero-order valence-corrected chi connectivity index (χ0v) is 15.4. The van der Waals surface area contributed by atoms with E-state index in [2.05, 4.69) is 24.9 Å². The number of nitrogens with two attached hydrogens (primary N) is 1. The lowest BCUT2D eigenvalue weighted by Gasteiger charge is -2.17. The monoisotopic (exact) mass is 385 g/mol. The van der Waals surface area contributed by atoms with E-state index in [0.29, 0.717) is 6.42 Å². The standard InChI is InChI=1S/C14H29N3O2.C2HF3O2/c1-3-5-7-9-11(15)14(19)17-12(13(16)18)10-8-6-4-2;3-2(4,5)1(6)7/h11-12H,3-10,15H2,1-2H3,(H2,16,18)(H,17,19);(H,6,7)/t11-,12-;/m0./s1. The minimum atomic E-state index is -5.19. The highest BCUT2D eigenvalue weighted by Crippen LogP contribution is 2.11. The summed E-state index contributed by atoms with van der Waals surface area (Å²) in [6.07, 6.45) is 2.44. The Balaban J connectivity index is 0. The first-order valence-electron chi connectivity index (χ1n) is 8.68. The number of aliphatic carboxylic acids is 1. The van der Waals surface area contributed by atoms with Crippen molar-refractivity contribution in [1.29, 1.82) is 0 Å². The molecule has 6 N–H and O–H groups in total. The molecule has 0 aromatic carbocycles. The van der Waals surface area contributed by atoms with Gasteiger partial charge in [0.25, 0.3) is 5.91 Å². The van der Waals surface area contributed by atoms with Crippen LogP contribution in [0.5, 0.6) is 0 Å². The number of halogens is 3. The van der Waals surface area contributed by atoms with Crippen LogP contribution in [0.4, 0.5) is 13.2 Å². The van der Waals surface area contributed by atoms with E-state index in [-0.39, 0.29) is 11.9 Å². The Morgan fingerprint density at radius 3 is 1.81 bits per heavy atom.